The minimum atomic E-state index is 0.477. The van der Waals surface area contributed by atoms with Crippen molar-refractivity contribution in [2.45, 2.75) is 25.3 Å². The van der Waals surface area contributed by atoms with Crippen LogP contribution in [0.3, 0.4) is 0 Å². The van der Waals surface area contributed by atoms with Crippen molar-refractivity contribution < 1.29 is 4.74 Å². The van der Waals surface area contributed by atoms with Gasteiger partial charge in [-0.25, -0.2) is 9.97 Å². The average Bonchev–Trinajstić information content (AvgIpc) is 3.24. The predicted octanol–water partition coefficient (Wildman–Crippen LogP) is 3.66. The van der Waals surface area contributed by atoms with Crippen molar-refractivity contribution in [3.63, 3.8) is 0 Å². The minimum absolute atomic E-state index is 0.477. The smallest absolute Gasteiger partial charge is 0.138 e. The van der Waals surface area contributed by atoms with Crippen LogP contribution in [0.1, 0.15) is 30.0 Å². The molecule has 1 aliphatic rings. The number of likely N-dealkylation sites (tertiary alicyclic amines) is 1. The Hall–Kier alpha value is -2.66. The van der Waals surface area contributed by atoms with Crippen LogP contribution in [-0.2, 0) is 6.54 Å². The molecule has 4 rings (SSSR count). The normalized spacial score (nSPS) is 18.0. The first-order chi connectivity index (χ1) is 12.8. The van der Waals surface area contributed by atoms with E-state index in [2.05, 4.69) is 34.1 Å². The van der Waals surface area contributed by atoms with Gasteiger partial charge in [0.2, 0.25) is 0 Å². The van der Waals surface area contributed by atoms with E-state index >= 15 is 0 Å². The number of hydrogen-bond donors (Lipinski definition) is 0. The van der Waals surface area contributed by atoms with Crippen molar-refractivity contribution in [1.82, 2.24) is 19.4 Å². The highest BCUT2D eigenvalue weighted by atomic mass is 16.5. The number of aromatic nitrogens is 3. The highest BCUT2D eigenvalue weighted by Crippen LogP contribution is 2.27. The molecule has 0 radical (unpaired) electrons. The van der Waals surface area contributed by atoms with E-state index in [9.17, 15) is 0 Å². The van der Waals surface area contributed by atoms with Gasteiger partial charge in [0.15, 0.2) is 0 Å². The van der Waals surface area contributed by atoms with Crippen LogP contribution < -0.4 is 4.74 Å². The molecule has 1 atom stereocenters. The zero-order valence-electron chi connectivity index (χ0n) is 15.1. The van der Waals surface area contributed by atoms with Gasteiger partial charge in [0.1, 0.15) is 17.9 Å². The lowest BCUT2D eigenvalue weighted by Crippen LogP contribution is -2.34. The number of piperidine rings is 1. The summed E-state index contributed by atoms with van der Waals surface area (Å²) < 4.78 is 7.21. The second-order valence-electron chi connectivity index (χ2n) is 6.81. The molecule has 26 heavy (non-hydrogen) atoms. The number of benzene rings is 1. The van der Waals surface area contributed by atoms with Gasteiger partial charge in [-0.05, 0) is 49.2 Å². The fourth-order valence-electron chi connectivity index (χ4n) is 3.64. The Labute approximate surface area is 154 Å². The molecule has 1 aliphatic heterocycles. The molecule has 0 bridgehead atoms. The molecule has 0 saturated carbocycles. The van der Waals surface area contributed by atoms with Gasteiger partial charge < -0.3 is 4.74 Å². The van der Waals surface area contributed by atoms with E-state index in [1.54, 1.807) is 19.6 Å². The van der Waals surface area contributed by atoms with Crippen LogP contribution in [-0.4, -0.2) is 39.6 Å². The number of rotatable bonds is 5. The Morgan fingerprint density at radius 3 is 2.81 bits per heavy atom. The average molecular weight is 348 g/mol. The van der Waals surface area contributed by atoms with Crippen molar-refractivity contribution in [2.75, 3.05) is 20.2 Å². The van der Waals surface area contributed by atoms with Crippen molar-refractivity contribution in [3.8, 4) is 11.6 Å². The maximum Gasteiger partial charge on any atom is 0.138 e. The zero-order valence-corrected chi connectivity index (χ0v) is 15.1. The summed E-state index contributed by atoms with van der Waals surface area (Å²) in [6.45, 7) is 3.16. The van der Waals surface area contributed by atoms with E-state index < -0.39 is 0 Å². The van der Waals surface area contributed by atoms with Crippen molar-refractivity contribution in [3.05, 3.63) is 72.4 Å². The van der Waals surface area contributed by atoms with Crippen molar-refractivity contribution in [2.24, 2.45) is 0 Å². The molecule has 1 saturated heterocycles. The molecule has 3 heterocycles. The van der Waals surface area contributed by atoms with Crippen LogP contribution in [0.4, 0.5) is 0 Å². The molecule has 0 amide bonds. The third-order valence-corrected chi connectivity index (χ3v) is 5.01. The summed E-state index contributed by atoms with van der Waals surface area (Å²) in [5.74, 6) is 2.32. The quantitative estimate of drug-likeness (QED) is 0.706. The predicted molar refractivity (Wildman–Crippen MR) is 102 cm³/mol. The molecule has 1 unspecified atom stereocenters. The fourth-order valence-corrected chi connectivity index (χ4v) is 3.64. The van der Waals surface area contributed by atoms with Gasteiger partial charge in [-0.15, -0.1) is 0 Å². The van der Waals surface area contributed by atoms with Gasteiger partial charge in [-0.3, -0.25) is 9.47 Å². The minimum Gasteiger partial charge on any atom is -0.497 e. The van der Waals surface area contributed by atoms with Gasteiger partial charge >= 0.3 is 0 Å². The van der Waals surface area contributed by atoms with Crippen LogP contribution in [0.5, 0.6) is 5.75 Å². The summed E-state index contributed by atoms with van der Waals surface area (Å²) in [7, 11) is 1.70. The molecule has 0 N–H and O–H groups in total. The highest BCUT2D eigenvalue weighted by molar-refractivity contribution is 5.28. The number of methoxy groups -OCH3 is 1. The van der Waals surface area contributed by atoms with Crippen LogP contribution in [0.2, 0.25) is 0 Å². The van der Waals surface area contributed by atoms with Gasteiger partial charge in [0.25, 0.3) is 0 Å². The monoisotopic (exact) mass is 348 g/mol. The number of hydrogen-bond acceptors (Lipinski definition) is 4. The molecular formula is C21H24N4O. The van der Waals surface area contributed by atoms with E-state index in [0.29, 0.717) is 5.92 Å². The van der Waals surface area contributed by atoms with Crippen molar-refractivity contribution >= 4 is 0 Å². The molecule has 134 valence electrons. The third kappa shape index (κ3) is 3.78. The molecule has 0 spiro atoms. The Bertz CT molecular complexity index is 829. The molecule has 0 aliphatic carbocycles. The number of nitrogens with zero attached hydrogens (tertiary/aromatic N) is 4. The number of ether oxygens (including phenoxy) is 1. The standard InChI is InChI=1S/C21H24N4O/c1-26-19-9-7-17(8-10-19)14-24-12-3-4-18(15-24)20-5-2-6-21(23-20)25-13-11-22-16-25/h2,5-11,13,16,18H,3-4,12,14-15H2,1H3. The lowest BCUT2D eigenvalue weighted by Gasteiger charge is -2.32. The fraction of sp³-hybridized carbons (Fsp3) is 0.333. The summed E-state index contributed by atoms with van der Waals surface area (Å²) >= 11 is 0. The molecule has 5 nitrogen and oxygen atoms in total. The summed E-state index contributed by atoms with van der Waals surface area (Å²) in [6.07, 6.45) is 7.91. The maximum atomic E-state index is 5.25. The van der Waals surface area contributed by atoms with Gasteiger partial charge in [0, 0.05) is 37.1 Å². The molecule has 1 fully saturated rings. The van der Waals surface area contributed by atoms with E-state index in [1.165, 1.54) is 24.1 Å². The number of pyridine rings is 1. The summed E-state index contributed by atoms with van der Waals surface area (Å²) in [6, 6.07) is 14.7. The lowest BCUT2D eigenvalue weighted by molar-refractivity contribution is 0.198. The van der Waals surface area contributed by atoms with Gasteiger partial charge in [-0.2, -0.15) is 0 Å². The van der Waals surface area contributed by atoms with E-state index in [4.69, 9.17) is 9.72 Å². The van der Waals surface area contributed by atoms with E-state index in [-0.39, 0.29) is 0 Å². The van der Waals surface area contributed by atoms with Gasteiger partial charge in [-0.1, -0.05) is 18.2 Å². The number of imidazole rings is 1. The molecular weight excluding hydrogens is 324 g/mol. The zero-order chi connectivity index (χ0) is 17.8. The SMILES string of the molecule is COc1ccc(CN2CCCC(c3cccc(-n4ccnc4)n3)C2)cc1. The maximum absolute atomic E-state index is 5.25. The van der Waals surface area contributed by atoms with Gasteiger partial charge in [0.05, 0.1) is 7.11 Å². The first-order valence-electron chi connectivity index (χ1n) is 9.12. The summed E-state index contributed by atoms with van der Waals surface area (Å²) in [4.78, 5) is 11.5. The first kappa shape index (κ1) is 16.8. The lowest BCUT2D eigenvalue weighted by atomic mass is 9.94. The Balaban J connectivity index is 1.45. The first-order valence-corrected chi connectivity index (χ1v) is 9.12. The Morgan fingerprint density at radius 1 is 1.15 bits per heavy atom. The molecule has 2 aromatic heterocycles. The van der Waals surface area contributed by atoms with Crippen molar-refractivity contribution in [1.29, 1.82) is 0 Å². The summed E-state index contributed by atoms with van der Waals surface area (Å²) in [5, 5.41) is 0. The van der Waals surface area contributed by atoms with Crippen LogP contribution in [0, 0.1) is 0 Å². The highest BCUT2D eigenvalue weighted by Gasteiger charge is 2.22. The summed E-state index contributed by atoms with van der Waals surface area (Å²) in [5.41, 5.74) is 2.50. The molecule has 5 heteroatoms. The Morgan fingerprint density at radius 2 is 2.04 bits per heavy atom. The Kier molecular flexibility index (Phi) is 4.97. The third-order valence-electron chi connectivity index (χ3n) is 5.01. The van der Waals surface area contributed by atoms with E-state index in [0.717, 1.165) is 31.2 Å². The topological polar surface area (TPSA) is 43.2 Å². The van der Waals surface area contributed by atoms with E-state index in [1.807, 2.05) is 29.0 Å². The second-order valence-corrected chi connectivity index (χ2v) is 6.81. The molecule has 1 aromatic carbocycles. The van der Waals surface area contributed by atoms with Crippen LogP contribution in [0.15, 0.2) is 61.2 Å². The largest absolute Gasteiger partial charge is 0.497 e. The van der Waals surface area contributed by atoms with Crippen LogP contribution in [0.25, 0.3) is 5.82 Å². The second kappa shape index (κ2) is 7.70. The van der Waals surface area contributed by atoms with Crippen LogP contribution >= 0.6 is 0 Å². The molecule has 3 aromatic rings.